The van der Waals surface area contributed by atoms with Gasteiger partial charge in [0.15, 0.2) is 0 Å². The largest absolute Gasteiger partial charge is 0.308 e. The van der Waals surface area contributed by atoms with Crippen LogP contribution in [0.15, 0.2) is 38.1 Å². The van der Waals surface area contributed by atoms with Gasteiger partial charge in [-0.1, -0.05) is 6.92 Å². The van der Waals surface area contributed by atoms with E-state index < -0.39 is 0 Å². The van der Waals surface area contributed by atoms with Crippen LogP contribution < -0.4 is 5.56 Å². The van der Waals surface area contributed by atoms with E-state index in [0.717, 1.165) is 10.9 Å². The molecule has 90 valence electrons. The first kappa shape index (κ1) is 13.1. The smallest absolute Gasteiger partial charge is 0.265 e. The number of aromatic nitrogens is 1. The molecule has 0 spiro atoms. The molecule has 2 heterocycles. The van der Waals surface area contributed by atoms with Crippen molar-refractivity contribution in [3.05, 3.63) is 53.4 Å². The van der Waals surface area contributed by atoms with Crippen LogP contribution in [-0.2, 0) is 13.0 Å². The lowest BCUT2D eigenvalue weighted by Gasteiger charge is -2.05. The summed E-state index contributed by atoms with van der Waals surface area (Å²) in [6.45, 7) is 2.76. The first-order valence-electron chi connectivity index (χ1n) is 5.23. The molecule has 2 aromatic rings. The van der Waals surface area contributed by atoms with Gasteiger partial charge in [0.05, 0.1) is 11.0 Å². The van der Waals surface area contributed by atoms with Gasteiger partial charge in [-0.15, -0.1) is 11.3 Å². The lowest BCUT2D eigenvalue weighted by Crippen LogP contribution is -2.20. The van der Waals surface area contributed by atoms with Crippen LogP contribution in [0.25, 0.3) is 0 Å². The van der Waals surface area contributed by atoms with Crippen molar-refractivity contribution in [3.8, 4) is 0 Å². The number of thiophene rings is 1. The van der Waals surface area contributed by atoms with E-state index in [4.69, 9.17) is 0 Å². The van der Waals surface area contributed by atoms with Crippen LogP contribution >= 0.6 is 43.2 Å². The molecular formula is C12H11Br2NOS. The van der Waals surface area contributed by atoms with Crippen LogP contribution in [0, 0.1) is 0 Å². The lowest BCUT2D eigenvalue weighted by atomic mass is 10.3. The topological polar surface area (TPSA) is 22.0 Å². The molecule has 0 aliphatic heterocycles. The van der Waals surface area contributed by atoms with E-state index in [9.17, 15) is 4.79 Å². The van der Waals surface area contributed by atoms with E-state index >= 15 is 0 Å². The monoisotopic (exact) mass is 375 g/mol. The maximum atomic E-state index is 11.9. The molecule has 0 N–H and O–H groups in total. The highest BCUT2D eigenvalue weighted by Gasteiger charge is 2.05. The highest BCUT2D eigenvalue weighted by Crippen LogP contribution is 2.19. The Bertz CT molecular complexity index is 588. The van der Waals surface area contributed by atoms with Gasteiger partial charge in [-0.25, -0.2) is 0 Å². The van der Waals surface area contributed by atoms with E-state index in [-0.39, 0.29) is 5.56 Å². The Morgan fingerprint density at radius 3 is 2.65 bits per heavy atom. The molecular weight excluding hydrogens is 366 g/mol. The summed E-state index contributed by atoms with van der Waals surface area (Å²) in [5, 5.41) is 0. The van der Waals surface area contributed by atoms with Crippen molar-refractivity contribution in [2.45, 2.75) is 19.9 Å². The van der Waals surface area contributed by atoms with Crippen LogP contribution in [0.3, 0.4) is 0 Å². The van der Waals surface area contributed by atoms with E-state index in [1.54, 1.807) is 22.0 Å². The molecule has 2 rings (SSSR count). The summed E-state index contributed by atoms with van der Waals surface area (Å²) in [7, 11) is 0. The van der Waals surface area contributed by atoms with Crippen molar-refractivity contribution in [1.82, 2.24) is 4.57 Å². The van der Waals surface area contributed by atoms with Gasteiger partial charge in [-0.05, 0) is 56.5 Å². The highest BCUT2D eigenvalue weighted by molar-refractivity contribution is 9.11. The second-order valence-corrected chi connectivity index (χ2v) is 6.68. The average molecular weight is 377 g/mol. The van der Waals surface area contributed by atoms with Crippen LogP contribution in [0.4, 0.5) is 0 Å². The second-order valence-electron chi connectivity index (χ2n) is 3.66. The number of hydrogen-bond donors (Lipinski definition) is 0. The zero-order chi connectivity index (χ0) is 12.4. The fraction of sp³-hybridized carbons (Fsp3) is 0.250. The highest BCUT2D eigenvalue weighted by atomic mass is 79.9. The average Bonchev–Trinajstić information content (AvgIpc) is 2.73. The fourth-order valence-electron chi connectivity index (χ4n) is 1.55. The van der Waals surface area contributed by atoms with Gasteiger partial charge in [-0.2, -0.15) is 0 Å². The molecule has 0 unspecified atom stereocenters. The van der Waals surface area contributed by atoms with Crippen molar-refractivity contribution >= 4 is 43.2 Å². The summed E-state index contributed by atoms with van der Waals surface area (Å²) >= 11 is 8.42. The molecule has 2 nitrogen and oxygen atoms in total. The quantitative estimate of drug-likeness (QED) is 0.792. The number of aryl methyl sites for hydroxylation is 1. The van der Waals surface area contributed by atoms with Gasteiger partial charge in [0.25, 0.3) is 5.56 Å². The molecule has 0 fully saturated rings. The van der Waals surface area contributed by atoms with Crippen molar-refractivity contribution in [3.63, 3.8) is 0 Å². The van der Waals surface area contributed by atoms with Crippen molar-refractivity contribution in [2.75, 3.05) is 0 Å². The Hall–Kier alpha value is -0.390. The predicted molar refractivity (Wildman–Crippen MR) is 78.9 cm³/mol. The van der Waals surface area contributed by atoms with E-state index in [2.05, 4.69) is 50.9 Å². The van der Waals surface area contributed by atoms with E-state index in [1.807, 2.05) is 6.20 Å². The van der Waals surface area contributed by atoms with Gasteiger partial charge in [-0.3, -0.25) is 4.79 Å². The molecule has 0 aromatic carbocycles. The number of halogens is 2. The summed E-state index contributed by atoms with van der Waals surface area (Å²) in [6, 6.07) is 5.98. The number of hydrogen-bond acceptors (Lipinski definition) is 2. The molecule has 17 heavy (non-hydrogen) atoms. The first-order valence-corrected chi connectivity index (χ1v) is 7.63. The van der Waals surface area contributed by atoms with E-state index in [0.29, 0.717) is 11.0 Å². The maximum absolute atomic E-state index is 11.9. The third-order valence-corrected chi connectivity index (χ3v) is 4.62. The summed E-state index contributed by atoms with van der Waals surface area (Å²) in [5.74, 6) is 0. The van der Waals surface area contributed by atoms with Gasteiger partial charge in [0, 0.05) is 20.4 Å². The standard InChI is InChI=1S/C12H11Br2NOS/c1-2-9-3-4-10(17-9)7-15-6-8(13)5-11(14)12(15)16/h3-6H,2,7H2,1H3. The Kier molecular flexibility index (Phi) is 4.22. The van der Waals surface area contributed by atoms with Gasteiger partial charge in [0.2, 0.25) is 0 Å². The Labute approximate surface area is 121 Å². The Morgan fingerprint density at radius 1 is 1.29 bits per heavy atom. The van der Waals surface area contributed by atoms with Gasteiger partial charge >= 0.3 is 0 Å². The third-order valence-electron chi connectivity index (χ3n) is 2.40. The Balaban J connectivity index is 2.32. The molecule has 0 aliphatic carbocycles. The Morgan fingerprint density at radius 2 is 2.00 bits per heavy atom. The number of nitrogens with zero attached hydrogens (tertiary/aromatic N) is 1. The molecule has 2 aromatic heterocycles. The molecule has 0 atom stereocenters. The van der Waals surface area contributed by atoms with Gasteiger partial charge < -0.3 is 4.57 Å². The second kappa shape index (κ2) is 5.50. The minimum absolute atomic E-state index is 0.000325. The van der Waals surface area contributed by atoms with Crippen molar-refractivity contribution in [1.29, 1.82) is 0 Å². The molecule has 0 saturated heterocycles. The van der Waals surface area contributed by atoms with Crippen LogP contribution in [0.5, 0.6) is 0 Å². The fourth-order valence-corrected chi connectivity index (χ4v) is 3.76. The normalized spacial score (nSPS) is 10.8. The first-order chi connectivity index (χ1) is 8.10. The van der Waals surface area contributed by atoms with Crippen LogP contribution in [-0.4, -0.2) is 4.57 Å². The third kappa shape index (κ3) is 3.09. The molecule has 5 heteroatoms. The zero-order valence-corrected chi connectivity index (χ0v) is 13.2. The van der Waals surface area contributed by atoms with Crippen molar-refractivity contribution in [2.24, 2.45) is 0 Å². The summed E-state index contributed by atoms with van der Waals surface area (Å²) in [5.41, 5.74) is -0.000325. The number of rotatable bonds is 3. The van der Waals surface area contributed by atoms with Gasteiger partial charge in [0.1, 0.15) is 0 Å². The summed E-state index contributed by atoms with van der Waals surface area (Å²) in [6.07, 6.45) is 2.86. The molecule has 0 bridgehead atoms. The summed E-state index contributed by atoms with van der Waals surface area (Å²) < 4.78 is 3.19. The SMILES string of the molecule is CCc1ccc(Cn2cc(Br)cc(Br)c2=O)s1. The van der Waals surface area contributed by atoms with Crippen molar-refractivity contribution < 1.29 is 0 Å². The minimum atomic E-state index is -0.000325. The predicted octanol–water partition coefficient (Wildman–Crippen LogP) is 4.05. The van der Waals surface area contributed by atoms with E-state index in [1.165, 1.54) is 9.75 Å². The number of pyridine rings is 1. The molecule has 0 aliphatic rings. The molecule has 0 saturated carbocycles. The minimum Gasteiger partial charge on any atom is -0.308 e. The zero-order valence-electron chi connectivity index (χ0n) is 9.24. The molecule has 0 amide bonds. The lowest BCUT2D eigenvalue weighted by molar-refractivity contribution is 0.762. The van der Waals surface area contributed by atoms with Crippen LogP contribution in [0.1, 0.15) is 16.7 Å². The maximum Gasteiger partial charge on any atom is 0.265 e. The molecule has 0 radical (unpaired) electrons. The summed E-state index contributed by atoms with van der Waals surface area (Å²) in [4.78, 5) is 14.5. The van der Waals surface area contributed by atoms with Crippen LogP contribution in [0.2, 0.25) is 0 Å².